The number of nitro groups is 1. The van der Waals surface area contributed by atoms with Gasteiger partial charge in [0.05, 0.1) is 11.5 Å². The Morgan fingerprint density at radius 2 is 2.24 bits per heavy atom. The summed E-state index contributed by atoms with van der Waals surface area (Å²) >= 11 is 0. The second-order valence-corrected chi connectivity index (χ2v) is 3.07. The predicted molar refractivity (Wildman–Crippen MR) is 62.4 cm³/mol. The van der Waals surface area contributed by atoms with Crippen LogP contribution in [0.1, 0.15) is 6.92 Å². The van der Waals surface area contributed by atoms with Gasteiger partial charge in [-0.2, -0.15) is 4.98 Å². The van der Waals surface area contributed by atoms with Crippen LogP contribution >= 0.6 is 0 Å². The van der Waals surface area contributed by atoms with E-state index in [2.05, 4.69) is 10.3 Å². The van der Waals surface area contributed by atoms with E-state index in [0.29, 0.717) is 19.0 Å². The van der Waals surface area contributed by atoms with E-state index in [0.717, 1.165) is 0 Å². The monoisotopic (exact) mass is 241 g/mol. The van der Waals surface area contributed by atoms with Gasteiger partial charge in [0.2, 0.25) is 0 Å². The number of hydrogen-bond donors (Lipinski definition) is 1. The van der Waals surface area contributed by atoms with E-state index in [1.165, 1.54) is 12.1 Å². The molecule has 0 amide bonds. The second-order valence-electron chi connectivity index (χ2n) is 3.07. The zero-order chi connectivity index (χ0) is 12.7. The maximum Gasteiger partial charge on any atom is 0.331 e. The average Bonchev–Trinajstić information content (AvgIpc) is 2.34. The fourth-order valence-electron chi connectivity index (χ4n) is 1.16. The highest BCUT2D eigenvalue weighted by molar-refractivity contribution is 5.48. The molecule has 17 heavy (non-hydrogen) atoms. The lowest BCUT2D eigenvalue weighted by atomic mass is 10.4. The van der Waals surface area contributed by atoms with Crippen LogP contribution in [0.4, 0.5) is 11.5 Å². The molecular weight excluding hydrogens is 226 g/mol. The first kappa shape index (κ1) is 13.2. The Bertz CT molecular complexity index is 384. The van der Waals surface area contributed by atoms with Crippen molar-refractivity contribution >= 4 is 11.5 Å². The van der Waals surface area contributed by atoms with E-state index in [4.69, 9.17) is 9.47 Å². The minimum Gasteiger partial charge on any atom is -0.470 e. The molecule has 7 nitrogen and oxygen atoms in total. The summed E-state index contributed by atoms with van der Waals surface area (Å²) < 4.78 is 10.3. The van der Waals surface area contributed by atoms with Crippen LogP contribution in [0, 0.1) is 10.1 Å². The Balaban J connectivity index is 2.75. The molecule has 1 aromatic rings. The summed E-state index contributed by atoms with van der Waals surface area (Å²) in [7, 11) is 1.68. The molecule has 1 N–H and O–H groups in total. The fraction of sp³-hybridized carbons (Fsp3) is 0.500. The first-order valence-electron chi connectivity index (χ1n) is 5.22. The van der Waals surface area contributed by atoms with E-state index >= 15 is 0 Å². The minimum absolute atomic E-state index is 0.00144. The number of rotatable bonds is 7. The molecule has 0 aliphatic rings. The van der Waals surface area contributed by atoms with Gasteiger partial charge >= 0.3 is 5.69 Å². The van der Waals surface area contributed by atoms with Crippen LogP contribution in [0.2, 0.25) is 0 Å². The third kappa shape index (κ3) is 3.87. The molecule has 0 aliphatic carbocycles. The molecule has 0 fully saturated rings. The van der Waals surface area contributed by atoms with Crippen LogP contribution < -0.4 is 10.1 Å². The molecule has 7 heteroatoms. The van der Waals surface area contributed by atoms with Crippen molar-refractivity contribution in [1.82, 2.24) is 4.98 Å². The molecule has 0 atom stereocenters. The van der Waals surface area contributed by atoms with Crippen LogP contribution in [0.15, 0.2) is 12.1 Å². The average molecular weight is 241 g/mol. The molecule has 0 spiro atoms. The summed E-state index contributed by atoms with van der Waals surface area (Å²) in [4.78, 5) is 14.2. The molecule has 0 saturated carbocycles. The smallest absolute Gasteiger partial charge is 0.331 e. The van der Waals surface area contributed by atoms with Gasteiger partial charge in [0.15, 0.2) is 0 Å². The lowest BCUT2D eigenvalue weighted by molar-refractivity contribution is -0.386. The molecule has 0 radical (unpaired) electrons. The van der Waals surface area contributed by atoms with Crippen LogP contribution in [0.3, 0.4) is 0 Å². The number of pyridine rings is 1. The van der Waals surface area contributed by atoms with Gasteiger partial charge in [-0.05, 0) is 13.0 Å². The number of hydrogen-bond acceptors (Lipinski definition) is 6. The second kappa shape index (κ2) is 6.64. The lowest BCUT2D eigenvalue weighted by Gasteiger charge is -2.07. The normalized spacial score (nSPS) is 10.0. The Kier molecular flexibility index (Phi) is 5.15. The summed E-state index contributed by atoms with van der Waals surface area (Å²) in [5.74, 6) is 0.517. The van der Waals surface area contributed by atoms with Crippen molar-refractivity contribution in [2.75, 3.05) is 32.2 Å². The highest BCUT2D eigenvalue weighted by Crippen LogP contribution is 2.25. The van der Waals surface area contributed by atoms with Crippen molar-refractivity contribution in [3.8, 4) is 5.88 Å². The molecule has 0 saturated heterocycles. The summed E-state index contributed by atoms with van der Waals surface area (Å²) in [6.45, 7) is 3.05. The maximum atomic E-state index is 10.7. The van der Waals surface area contributed by atoms with E-state index in [1.807, 2.05) is 6.92 Å². The topological polar surface area (TPSA) is 86.5 Å². The van der Waals surface area contributed by atoms with Crippen molar-refractivity contribution in [2.24, 2.45) is 0 Å². The predicted octanol–water partition coefficient (Wildman–Crippen LogP) is 1.45. The van der Waals surface area contributed by atoms with Gasteiger partial charge in [0.1, 0.15) is 12.4 Å². The zero-order valence-corrected chi connectivity index (χ0v) is 9.80. The van der Waals surface area contributed by atoms with Crippen LogP contribution in [0.25, 0.3) is 0 Å². The fourth-order valence-corrected chi connectivity index (χ4v) is 1.16. The molecule has 0 bridgehead atoms. The Morgan fingerprint density at radius 3 is 2.82 bits per heavy atom. The van der Waals surface area contributed by atoms with Gasteiger partial charge in [-0.3, -0.25) is 10.1 Å². The van der Waals surface area contributed by atoms with Gasteiger partial charge in [-0.1, -0.05) is 0 Å². The van der Waals surface area contributed by atoms with Gasteiger partial charge in [0, 0.05) is 19.7 Å². The maximum absolute atomic E-state index is 10.7. The molecule has 0 aliphatic heterocycles. The molecule has 1 heterocycles. The quantitative estimate of drug-likeness (QED) is 0.441. The number of nitrogens with zero attached hydrogens (tertiary/aromatic N) is 2. The van der Waals surface area contributed by atoms with Gasteiger partial charge in [0.25, 0.3) is 5.88 Å². The first-order chi connectivity index (χ1) is 8.19. The molecule has 1 aromatic heterocycles. The van der Waals surface area contributed by atoms with Crippen molar-refractivity contribution in [3.05, 3.63) is 22.2 Å². The summed E-state index contributed by atoms with van der Waals surface area (Å²) in [6.07, 6.45) is 0. The van der Waals surface area contributed by atoms with Crippen molar-refractivity contribution in [2.45, 2.75) is 6.92 Å². The van der Waals surface area contributed by atoms with Gasteiger partial charge in [-0.15, -0.1) is 0 Å². The van der Waals surface area contributed by atoms with E-state index in [9.17, 15) is 10.1 Å². The SMILES string of the molecule is CCOCCOc1nc(NC)ccc1[N+](=O)[O-]. The van der Waals surface area contributed by atoms with Crippen LogP contribution in [-0.2, 0) is 4.74 Å². The van der Waals surface area contributed by atoms with Gasteiger partial charge in [-0.25, -0.2) is 0 Å². The number of nitrogens with one attached hydrogen (secondary N) is 1. The van der Waals surface area contributed by atoms with E-state index in [-0.39, 0.29) is 18.2 Å². The Labute approximate surface area is 98.9 Å². The number of ether oxygens (including phenoxy) is 2. The molecule has 1 rings (SSSR count). The molecule has 0 unspecified atom stereocenters. The molecule has 0 aromatic carbocycles. The largest absolute Gasteiger partial charge is 0.470 e. The van der Waals surface area contributed by atoms with Crippen molar-refractivity contribution < 1.29 is 14.4 Å². The van der Waals surface area contributed by atoms with Crippen molar-refractivity contribution in [3.63, 3.8) is 0 Å². The zero-order valence-electron chi connectivity index (χ0n) is 9.80. The minimum atomic E-state index is -0.525. The van der Waals surface area contributed by atoms with E-state index in [1.54, 1.807) is 7.05 Å². The van der Waals surface area contributed by atoms with Crippen LogP contribution in [-0.4, -0.2) is 36.8 Å². The third-order valence-corrected chi connectivity index (χ3v) is 1.96. The van der Waals surface area contributed by atoms with Crippen molar-refractivity contribution in [1.29, 1.82) is 0 Å². The van der Waals surface area contributed by atoms with E-state index < -0.39 is 4.92 Å². The Morgan fingerprint density at radius 1 is 1.47 bits per heavy atom. The molecular formula is C10H15N3O4. The standard InChI is InChI=1S/C10H15N3O4/c1-3-16-6-7-17-10-8(13(14)15)4-5-9(11-2)12-10/h4-5H,3,6-7H2,1-2H3,(H,11,12). The summed E-state index contributed by atoms with van der Waals surface area (Å²) in [6, 6.07) is 2.88. The molecule has 94 valence electrons. The van der Waals surface area contributed by atoms with Crippen LogP contribution in [0.5, 0.6) is 5.88 Å². The lowest BCUT2D eigenvalue weighted by Crippen LogP contribution is -2.09. The Hall–Kier alpha value is -1.89. The number of aromatic nitrogens is 1. The third-order valence-electron chi connectivity index (χ3n) is 1.96. The van der Waals surface area contributed by atoms with Gasteiger partial charge < -0.3 is 14.8 Å². The first-order valence-corrected chi connectivity index (χ1v) is 5.22. The highest BCUT2D eigenvalue weighted by Gasteiger charge is 2.17. The summed E-state index contributed by atoms with van der Waals surface area (Å²) in [5, 5.41) is 13.5. The highest BCUT2D eigenvalue weighted by atomic mass is 16.6. The summed E-state index contributed by atoms with van der Waals surface area (Å²) in [5.41, 5.74) is -0.152. The number of anilines is 1.